The molecule has 0 radical (unpaired) electrons. The Labute approximate surface area is 173 Å². The van der Waals surface area contributed by atoms with E-state index < -0.39 is 21.7 Å². The highest BCUT2D eigenvalue weighted by atomic mass is 79.9. The highest BCUT2D eigenvalue weighted by Crippen LogP contribution is 2.29. The van der Waals surface area contributed by atoms with Crippen molar-refractivity contribution in [2.75, 3.05) is 7.11 Å². The van der Waals surface area contributed by atoms with Crippen molar-refractivity contribution in [3.63, 3.8) is 0 Å². The molecule has 0 amide bonds. The van der Waals surface area contributed by atoms with Gasteiger partial charge in [0.15, 0.2) is 0 Å². The number of aromatic nitrogens is 1. The lowest BCUT2D eigenvalue weighted by molar-refractivity contribution is 0.0461. The van der Waals surface area contributed by atoms with Crippen LogP contribution in [0.15, 0.2) is 58.0 Å². The van der Waals surface area contributed by atoms with Gasteiger partial charge < -0.3 is 14.8 Å². The lowest BCUT2D eigenvalue weighted by Gasteiger charge is -2.30. The molecule has 0 aliphatic rings. The maximum absolute atomic E-state index is 13.1. The molecule has 3 aromatic rings. The molecule has 28 heavy (non-hydrogen) atoms. The van der Waals surface area contributed by atoms with Gasteiger partial charge >= 0.3 is 0 Å². The third-order valence-electron chi connectivity index (χ3n) is 4.66. The molecular formula is C20H23BrN2O4S. The topological polar surface area (TPSA) is 91.4 Å². The molecule has 150 valence electrons. The standard InChI is InChI=1S/C20H23BrN2O4S/c1-20(2,24)19(10-13-12-22-16-7-5-4-6-15(13)16)23-28(25,26)18-11-14(21)8-9-17(18)27-3/h4-9,11-12,19,22-24H,10H2,1-3H3/t19-/m1/s1. The van der Waals surface area contributed by atoms with Gasteiger partial charge in [-0.05, 0) is 50.1 Å². The molecule has 1 heterocycles. The Kier molecular flexibility index (Phi) is 5.86. The fourth-order valence-electron chi connectivity index (χ4n) is 3.07. The van der Waals surface area contributed by atoms with Crippen LogP contribution in [0.25, 0.3) is 10.9 Å². The van der Waals surface area contributed by atoms with E-state index in [1.165, 1.54) is 13.2 Å². The minimum absolute atomic E-state index is 0.0116. The van der Waals surface area contributed by atoms with E-state index in [0.29, 0.717) is 10.9 Å². The SMILES string of the molecule is COc1ccc(Br)cc1S(=O)(=O)N[C@H](Cc1c[nH]c2ccccc12)C(C)(C)O. The summed E-state index contributed by atoms with van der Waals surface area (Å²) in [6, 6.07) is 11.8. The van der Waals surface area contributed by atoms with Crippen LogP contribution in [0.4, 0.5) is 0 Å². The van der Waals surface area contributed by atoms with Gasteiger partial charge in [0.1, 0.15) is 10.6 Å². The zero-order chi connectivity index (χ0) is 20.5. The fraction of sp³-hybridized carbons (Fsp3) is 0.300. The van der Waals surface area contributed by atoms with E-state index in [-0.39, 0.29) is 10.6 Å². The number of nitrogens with one attached hydrogen (secondary N) is 2. The molecule has 6 nitrogen and oxygen atoms in total. The van der Waals surface area contributed by atoms with Crippen molar-refractivity contribution in [1.29, 1.82) is 0 Å². The smallest absolute Gasteiger partial charge is 0.244 e. The van der Waals surface area contributed by atoms with E-state index in [0.717, 1.165) is 16.5 Å². The third-order valence-corrected chi connectivity index (χ3v) is 6.65. The highest BCUT2D eigenvalue weighted by Gasteiger charge is 2.33. The van der Waals surface area contributed by atoms with Crippen molar-refractivity contribution in [2.24, 2.45) is 0 Å². The quantitative estimate of drug-likeness (QED) is 0.495. The van der Waals surface area contributed by atoms with Crippen molar-refractivity contribution < 1.29 is 18.3 Å². The second-order valence-corrected chi connectivity index (χ2v) is 9.78. The number of hydrogen-bond acceptors (Lipinski definition) is 4. The number of rotatable bonds is 7. The summed E-state index contributed by atoms with van der Waals surface area (Å²) in [6.45, 7) is 3.18. The molecule has 1 atom stereocenters. The fourth-order valence-corrected chi connectivity index (χ4v) is 5.15. The van der Waals surface area contributed by atoms with Crippen LogP contribution in [0.1, 0.15) is 19.4 Å². The zero-order valence-electron chi connectivity index (χ0n) is 15.9. The zero-order valence-corrected chi connectivity index (χ0v) is 18.3. The summed E-state index contributed by atoms with van der Waals surface area (Å²) in [5, 5.41) is 11.7. The molecule has 2 aromatic carbocycles. The van der Waals surface area contributed by atoms with Crippen LogP contribution in [0.5, 0.6) is 5.75 Å². The molecule has 0 spiro atoms. The molecule has 0 aliphatic carbocycles. The Morgan fingerprint density at radius 3 is 2.64 bits per heavy atom. The molecule has 1 aromatic heterocycles. The largest absolute Gasteiger partial charge is 0.495 e. The average molecular weight is 467 g/mol. The second kappa shape index (κ2) is 7.87. The van der Waals surface area contributed by atoms with E-state index in [4.69, 9.17) is 4.74 Å². The van der Waals surface area contributed by atoms with Crippen molar-refractivity contribution in [1.82, 2.24) is 9.71 Å². The van der Waals surface area contributed by atoms with Gasteiger partial charge in [-0.1, -0.05) is 34.1 Å². The van der Waals surface area contributed by atoms with Crippen LogP contribution in [-0.2, 0) is 16.4 Å². The van der Waals surface area contributed by atoms with Gasteiger partial charge in [-0.15, -0.1) is 0 Å². The van der Waals surface area contributed by atoms with Crippen molar-refractivity contribution >= 4 is 36.9 Å². The van der Waals surface area contributed by atoms with Crippen LogP contribution < -0.4 is 9.46 Å². The Bertz CT molecular complexity index is 1090. The number of aromatic amines is 1. The van der Waals surface area contributed by atoms with Crippen LogP contribution in [0.2, 0.25) is 0 Å². The van der Waals surface area contributed by atoms with Crippen LogP contribution >= 0.6 is 15.9 Å². The van der Waals surface area contributed by atoms with Gasteiger partial charge in [0.25, 0.3) is 0 Å². The van der Waals surface area contributed by atoms with Crippen LogP contribution in [-0.4, -0.2) is 37.3 Å². The molecule has 3 N–H and O–H groups in total. The van der Waals surface area contributed by atoms with Gasteiger partial charge in [-0.2, -0.15) is 0 Å². The minimum Gasteiger partial charge on any atom is -0.495 e. The molecular weight excluding hydrogens is 444 g/mol. The molecule has 0 fully saturated rings. The number of para-hydroxylation sites is 1. The second-order valence-electron chi connectivity index (χ2n) is 7.19. The third kappa shape index (κ3) is 4.41. The molecule has 3 rings (SSSR count). The number of sulfonamides is 1. The van der Waals surface area contributed by atoms with E-state index in [9.17, 15) is 13.5 Å². The average Bonchev–Trinajstić information content (AvgIpc) is 3.03. The first-order valence-corrected chi connectivity index (χ1v) is 11.0. The van der Waals surface area contributed by atoms with E-state index in [1.807, 2.05) is 30.5 Å². The first kappa shape index (κ1) is 20.9. The summed E-state index contributed by atoms with van der Waals surface area (Å²) in [5.74, 6) is 0.234. The van der Waals surface area contributed by atoms with Gasteiger partial charge in [-0.25, -0.2) is 13.1 Å². The number of aliphatic hydroxyl groups is 1. The number of ether oxygens (including phenoxy) is 1. The normalized spacial score (nSPS) is 13.6. The maximum Gasteiger partial charge on any atom is 0.244 e. The van der Waals surface area contributed by atoms with Crippen LogP contribution in [0.3, 0.4) is 0 Å². The van der Waals surface area contributed by atoms with Crippen molar-refractivity contribution in [2.45, 2.75) is 36.8 Å². The van der Waals surface area contributed by atoms with Crippen molar-refractivity contribution in [3.05, 3.63) is 58.7 Å². The summed E-state index contributed by atoms with van der Waals surface area (Å²) in [5.41, 5.74) is 0.597. The molecule has 0 saturated heterocycles. The Morgan fingerprint density at radius 2 is 1.96 bits per heavy atom. The van der Waals surface area contributed by atoms with E-state index in [2.05, 4.69) is 25.6 Å². The monoisotopic (exact) mass is 466 g/mol. The first-order valence-electron chi connectivity index (χ1n) is 8.75. The van der Waals surface area contributed by atoms with Crippen LogP contribution in [0, 0.1) is 0 Å². The number of fused-ring (bicyclic) bond motifs is 1. The summed E-state index contributed by atoms with van der Waals surface area (Å²) < 4.78 is 34.7. The minimum atomic E-state index is -3.94. The van der Waals surface area contributed by atoms with Gasteiger partial charge in [0.2, 0.25) is 10.0 Å². The molecule has 0 unspecified atom stereocenters. The number of hydrogen-bond donors (Lipinski definition) is 3. The lowest BCUT2D eigenvalue weighted by atomic mass is 9.93. The Balaban J connectivity index is 1.96. The summed E-state index contributed by atoms with van der Waals surface area (Å²) in [4.78, 5) is 3.19. The number of H-pyrrole nitrogens is 1. The highest BCUT2D eigenvalue weighted by molar-refractivity contribution is 9.10. The van der Waals surface area contributed by atoms with Gasteiger partial charge in [-0.3, -0.25) is 0 Å². The summed E-state index contributed by atoms with van der Waals surface area (Å²) >= 11 is 3.30. The predicted octanol–water partition coefficient (Wildman–Crippen LogP) is 3.60. The number of methoxy groups -OCH3 is 1. The van der Waals surface area contributed by atoms with E-state index >= 15 is 0 Å². The summed E-state index contributed by atoms with van der Waals surface area (Å²) in [7, 11) is -2.52. The molecule has 8 heteroatoms. The number of halogens is 1. The predicted molar refractivity (Wildman–Crippen MR) is 113 cm³/mol. The summed E-state index contributed by atoms with van der Waals surface area (Å²) in [6.07, 6.45) is 2.17. The molecule has 0 saturated carbocycles. The first-order chi connectivity index (χ1) is 13.1. The molecule has 0 aliphatic heterocycles. The lowest BCUT2D eigenvalue weighted by Crippen LogP contribution is -2.50. The van der Waals surface area contributed by atoms with Crippen molar-refractivity contribution in [3.8, 4) is 5.75 Å². The Hall–Kier alpha value is -1.87. The van der Waals surface area contributed by atoms with Gasteiger partial charge in [0, 0.05) is 21.6 Å². The van der Waals surface area contributed by atoms with Gasteiger partial charge in [0.05, 0.1) is 18.8 Å². The number of benzene rings is 2. The Morgan fingerprint density at radius 1 is 1.25 bits per heavy atom. The van der Waals surface area contributed by atoms with E-state index in [1.54, 1.807) is 26.0 Å². The maximum atomic E-state index is 13.1. The molecule has 0 bridgehead atoms.